The van der Waals surface area contributed by atoms with Crippen molar-refractivity contribution in [3.8, 4) is 11.1 Å². The Bertz CT molecular complexity index is 970. The van der Waals surface area contributed by atoms with Crippen LogP contribution in [-0.2, 0) is 4.79 Å². The van der Waals surface area contributed by atoms with E-state index in [0.29, 0.717) is 24.6 Å². The minimum atomic E-state index is -0.464. The molecule has 2 amide bonds. The molecule has 8 nitrogen and oxygen atoms in total. The van der Waals surface area contributed by atoms with Gasteiger partial charge in [-0.15, -0.1) is 0 Å². The number of aromatic nitrogens is 2. The highest BCUT2D eigenvalue weighted by Crippen LogP contribution is 2.34. The molecule has 0 spiro atoms. The summed E-state index contributed by atoms with van der Waals surface area (Å²) >= 11 is 0. The Morgan fingerprint density at radius 3 is 2.68 bits per heavy atom. The number of nitrogens with zero attached hydrogens (tertiary/aromatic N) is 5. The molecule has 8 heteroatoms. The van der Waals surface area contributed by atoms with Crippen LogP contribution in [0.1, 0.15) is 41.2 Å². The normalized spacial score (nSPS) is 19.0. The van der Waals surface area contributed by atoms with E-state index in [-0.39, 0.29) is 11.8 Å². The lowest BCUT2D eigenvalue weighted by atomic mass is 9.95. The van der Waals surface area contributed by atoms with Crippen molar-refractivity contribution in [1.29, 1.82) is 0 Å². The van der Waals surface area contributed by atoms with Gasteiger partial charge >= 0.3 is 0 Å². The summed E-state index contributed by atoms with van der Waals surface area (Å²) in [5, 5.41) is 0. The largest absolute Gasteiger partial charge is 0.366 e. The molecule has 0 saturated carbocycles. The first kappa shape index (κ1) is 21.2. The van der Waals surface area contributed by atoms with E-state index in [4.69, 9.17) is 10.7 Å². The van der Waals surface area contributed by atoms with Crippen molar-refractivity contribution in [3.05, 3.63) is 41.7 Å². The van der Waals surface area contributed by atoms with Crippen molar-refractivity contribution in [2.75, 3.05) is 51.7 Å². The minimum Gasteiger partial charge on any atom is -0.366 e. The number of hydrogen-bond acceptors (Lipinski definition) is 6. The molecule has 2 aliphatic rings. The van der Waals surface area contributed by atoms with E-state index >= 15 is 0 Å². The van der Waals surface area contributed by atoms with Gasteiger partial charge in [0, 0.05) is 50.4 Å². The Morgan fingerprint density at radius 1 is 1.19 bits per heavy atom. The van der Waals surface area contributed by atoms with E-state index < -0.39 is 5.91 Å². The van der Waals surface area contributed by atoms with Gasteiger partial charge in [-0.3, -0.25) is 14.5 Å². The molecular formula is C23H30N6O2. The number of nitrogens with two attached hydrogens (primary N) is 1. The summed E-state index contributed by atoms with van der Waals surface area (Å²) in [5.41, 5.74) is 8.59. The van der Waals surface area contributed by atoms with E-state index in [0.717, 1.165) is 42.9 Å². The second-order valence-corrected chi connectivity index (χ2v) is 8.62. The topological polar surface area (TPSA) is 95.7 Å². The summed E-state index contributed by atoms with van der Waals surface area (Å²) in [6, 6.07) is 7.24. The van der Waals surface area contributed by atoms with Gasteiger partial charge in [-0.2, -0.15) is 0 Å². The third-order valence-electron chi connectivity index (χ3n) is 6.15. The Morgan fingerprint density at radius 2 is 1.97 bits per heavy atom. The highest BCUT2D eigenvalue weighted by Gasteiger charge is 2.31. The second kappa shape index (κ2) is 9.01. The fourth-order valence-electron chi connectivity index (χ4n) is 4.42. The van der Waals surface area contributed by atoms with Crippen LogP contribution in [0.15, 0.2) is 30.5 Å². The number of amides is 2. The SMILES string of the molecule is CN(C)c1ncc(-c2cccc(C(N)=O)c2)c([C@@H]2CCN(C(=O)CN3CCCC3)C2)n1. The maximum absolute atomic E-state index is 12.8. The summed E-state index contributed by atoms with van der Waals surface area (Å²) in [4.78, 5) is 39.9. The van der Waals surface area contributed by atoms with Crippen LogP contribution in [0.5, 0.6) is 0 Å². The van der Waals surface area contributed by atoms with Crippen molar-refractivity contribution in [2.45, 2.75) is 25.2 Å². The molecule has 0 radical (unpaired) electrons. The Balaban J connectivity index is 1.60. The maximum Gasteiger partial charge on any atom is 0.248 e. The van der Waals surface area contributed by atoms with Crippen molar-refractivity contribution in [3.63, 3.8) is 0 Å². The molecule has 4 rings (SSSR count). The zero-order chi connectivity index (χ0) is 22.0. The third kappa shape index (κ3) is 4.69. The van der Waals surface area contributed by atoms with Gasteiger partial charge in [0.15, 0.2) is 0 Å². The van der Waals surface area contributed by atoms with Gasteiger partial charge in [-0.1, -0.05) is 12.1 Å². The van der Waals surface area contributed by atoms with Crippen LogP contribution in [0.2, 0.25) is 0 Å². The quantitative estimate of drug-likeness (QED) is 0.762. The van der Waals surface area contributed by atoms with E-state index in [1.54, 1.807) is 12.1 Å². The number of benzene rings is 1. The second-order valence-electron chi connectivity index (χ2n) is 8.62. The number of primary amides is 1. The van der Waals surface area contributed by atoms with Crippen molar-refractivity contribution in [1.82, 2.24) is 19.8 Å². The minimum absolute atomic E-state index is 0.122. The number of carbonyl (C=O) groups excluding carboxylic acids is 2. The molecule has 2 fully saturated rings. The molecule has 2 N–H and O–H groups in total. The lowest BCUT2D eigenvalue weighted by Crippen LogP contribution is -2.38. The van der Waals surface area contributed by atoms with Crippen LogP contribution in [0.25, 0.3) is 11.1 Å². The Labute approximate surface area is 183 Å². The van der Waals surface area contributed by atoms with E-state index in [2.05, 4.69) is 9.88 Å². The van der Waals surface area contributed by atoms with Crippen LogP contribution in [0, 0.1) is 0 Å². The molecule has 0 aliphatic carbocycles. The van der Waals surface area contributed by atoms with Crippen molar-refractivity contribution >= 4 is 17.8 Å². The smallest absolute Gasteiger partial charge is 0.248 e. The number of hydrogen-bond donors (Lipinski definition) is 1. The molecule has 1 atom stereocenters. The first-order chi connectivity index (χ1) is 14.9. The highest BCUT2D eigenvalue weighted by atomic mass is 16.2. The number of carbonyl (C=O) groups is 2. The van der Waals surface area contributed by atoms with E-state index in [1.807, 2.05) is 42.2 Å². The van der Waals surface area contributed by atoms with Gasteiger partial charge in [0.05, 0.1) is 12.2 Å². The molecule has 1 aromatic heterocycles. The van der Waals surface area contributed by atoms with Gasteiger partial charge in [0.1, 0.15) is 0 Å². The molecule has 3 heterocycles. The summed E-state index contributed by atoms with van der Waals surface area (Å²) < 4.78 is 0. The average molecular weight is 423 g/mol. The first-order valence-electron chi connectivity index (χ1n) is 10.9. The fraction of sp³-hybridized carbons (Fsp3) is 0.478. The van der Waals surface area contributed by atoms with Crippen molar-refractivity contribution < 1.29 is 9.59 Å². The lowest BCUT2D eigenvalue weighted by molar-refractivity contribution is -0.131. The van der Waals surface area contributed by atoms with Gasteiger partial charge < -0.3 is 15.5 Å². The molecule has 164 valence electrons. The van der Waals surface area contributed by atoms with Crippen LogP contribution in [-0.4, -0.2) is 78.4 Å². The zero-order valence-electron chi connectivity index (χ0n) is 18.3. The zero-order valence-corrected chi connectivity index (χ0v) is 18.3. The molecule has 0 bridgehead atoms. The molecule has 2 aliphatic heterocycles. The van der Waals surface area contributed by atoms with Crippen LogP contribution in [0.4, 0.5) is 5.95 Å². The molecule has 2 aromatic rings. The molecule has 2 saturated heterocycles. The summed E-state index contributed by atoms with van der Waals surface area (Å²) in [5.74, 6) is 0.487. The van der Waals surface area contributed by atoms with Crippen LogP contribution in [0.3, 0.4) is 0 Å². The lowest BCUT2D eigenvalue weighted by Gasteiger charge is -2.22. The Kier molecular flexibility index (Phi) is 6.18. The van der Waals surface area contributed by atoms with Gasteiger partial charge in [-0.05, 0) is 50.0 Å². The van der Waals surface area contributed by atoms with Gasteiger partial charge in [0.25, 0.3) is 0 Å². The Hall–Kier alpha value is -3.00. The summed E-state index contributed by atoms with van der Waals surface area (Å²) in [7, 11) is 3.82. The van der Waals surface area contributed by atoms with Gasteiger partial charge in [0.2, 0.25) is 17.8 Å². The predicted octanol–water partition coefficient (Wildman–Crippen LogP) is 1.72. The molecular weight excluding hydrogens is 392 g/mol. The average Bonchev–Trinajstić information content (AvgIpc) is 3.45. The van der Waals surface area contributed by atoms with Crippen molar-refractivity contribution in [2.24, 2.45) is 5.73 Å². The number of likely N-dealkylation sites (tertiary alicyclic amines) is 2. The molecule has 1 aromatic carbocycles. The summed E-state index contributed by atoms with van der Waals surface area (Å²) in [6.07, 6.45) is 5.03. The van der Waals surface area contributed by atoms with Crippen LogP contribution >= 0.6 is 0 Å². The maximum atomic E-state index is 12.8. The monoisotopic (exact) mass is 422 g/mol. The fourth-order valence-corrected chi connectivity index (χ4v) is 4.42. The number of anilines is 1. The van der Waals surface area contributed by atoms with Crippen LogP contribution < -0.4 is 10.6 Å². The highest BCUT2D eigenvalue weighted by molar-refractivity contribution is 5.94. The van der Waals surface area contributed by atoms with E-state index in [1.165, 1.54) is 12.8 Å². The molecule has 0 unspecified atom stereocenters. The van der Waals surface area contributed by atoms with Gasteiger partial charge in [-0.25, -0.2) is 9.97 Å². The predicted molar refractivity (Wildman–Crippen MR) is 120 cm³/mol. The molecule has 31 heavy (non-hydrogen) atoms. The standard InChI is InChI=1S/C23H30N6O2/c1-27(2)23-25-13-19(16-6-5-7-17(12-16)22(24)31)21(26-23)18-8-11-29(14-18)20(30)15-28-9-3-4-10-28/h5-7,12-13,18H,3-4,8-11,14-15H2,1-2H3,(H2,24,31)/t18-/m1/s1. The third-order valence-corrected chi connectivity index (χ3v) is 6.15. The number of rotatable bonds is 6. The van der Waals surface area contributed by atoms with E-state index in [9.17, 15) is 9.59 Å². The summed E-state index contributed by atoms with van der Waals surface area (Å²) in [6.45, 7) is 3.92. The first-order valence-corrected chi connectivity index (χ1v) is 10.9.